The molecule has 0 bridgehead atoms. The molecule has 1 fully saturated rings. The van der Waals surface area contributed by atoms with Gasteiger partial charge in [0.25, 0.3) is 5.91 Å². The molecule has 0 aliphatic carbocycles. The summed E-state index contributed by atoms with van der Waals surface area (Å²) in [5.74, 6) is -0.244. The van der Waals surface area contributed by atoms with Gasteiger partial charge in [-0.1, -0.05) is 66.7 Å². The third-order valence-electron chi connectivity index (χ3n) is 6.14. The number of carbonyl (C=O) groups is 3. The predicted molar refractivity (Wildman–Crippen MR) is 129 cm³/mol. The number of hydrogen-bond donors (Lipinski definition) is 2. The fourth-order valence-electron chi connectivity index (χ4n) is 4.07. The number of carbonyl (C=O) groups excluding carboxylic acids is 3. The quantitative estimate of drug-likeness (QED) is 0.525. The summed E-state index contributed by atoms with van der Waals surface area (Å²) in [7, 11) is 1.55. The number of urea groups is 1. The Morgan fingerprint density at radius 2 is 1.59 bits per heavy atom. The van der Waals surface area contributed by atoms with Crippen molar-refractivity contribution in [2.24, 2.45) is 0 Å². The summed E-state index contributed by atoms with van der Waals surface area (Å²) in [6.45, 7) is 3.13. The van der Waals surface area contributed by atoms with Gasteiger partial charge in [0.1, 0.15) is 17.8 Å². The highest BCUT2D eigenvalue weighted by Gasteiger charge is 2.49. The van der Waals surface area contributed by atoms with Gasteiger partial charge in [-0.15, -0.1) is 0 Å². The average Bonchev–Trinajstić information content (AvgIpc) is 3.08. The first-order valence-electron chi connectivity index (χ1n) is 11.0. The summed E-state index contributed by atoms with van der Waals surface area (Å²) in [5, 5.41) is 5.59. The Hall–Kier alpha value is -4.13. The van der Waals surface area contributed by atoms with E-state index in [1.807, 2.05) is 61.5 Å². The Balaban J connectivity index is 1.40. The number of nitrogens with one attached hydrogen (secondary N) is 2. The molecular formula is C27H27N3O4. The van der Waals surface area contributed by atoms with Crippen LogP contribution in [-0.2, 0) is 15.1 Å². The van der Waals surface area contributed by atoms with E-state index < -0.39 is 23.4 Å². The van der Waals surface area contributed by atoms with Crippen LogP contribution in [0.1, 0.15) is 31.0 Å². The summed E-state index contributed by atoms with van der Waals surface area (Å²) in [6.07, 6.45) is 0. The zero-order chi connectivity index (χ0) is 24.3. The van der Waals surface area contributed by atoms with Gasteiger partial charge in [-0.3, -0.25) is 14.5 Å². The van der Waals surface area contributed by atoms with Crippen LogP contribution < -0.4 is 15.4 Å². The number of imide groups is 1. The second kappa shape index (κ2) is 9.39. The zero-order valence-corrected chi connectivity index (χ0v) is 19.4. The molecule has 0 aromatic heterocycles. The molecule has 1 aliphatic heterocycles. The van der Waals surface area contributed by atoms with Crippen LogP contribution in [0.2, 0.25) is 0 Å². The standard InChI is InChI=1S/C27H27N3O4/c1-18(19-9-11-21(12-10-19)20-7-5-4-6-8-20)28-24(31)17-30-25(32)27(2,29-26(30)33)22-13-15-23(34-3)16-14-22/h4-16,18H,17H2,1-3H3,(H,28,31)(H,29,33). The molecule has 0 radical (unpaired) electrons. The molecule has 1 heterocycles. The molecule has 3 aromatic rings. The zero-order valence-electron chi connectivity index (χ0n) is 19.4. The summed E-state index contributed by atoms with van der Waals surface area (Å²) < 4.78 is 5.15. The number of methoxy groups -OCH3 is 1. The van der Waals surface area contributed by atoms with Crippen molar-refractivity contribution < 1.29 is 19.1 Å². The van der Waals surface area contributed by atoms with Crippen LogP contribution in [0, 0.1) is 0 Å². The molecule has 2 unspecified atom stereocenters. The number of nitrogens with zero attached hydrogens (tertiary/aromatic N) is 1. The average molecular weight is 458 g/mol. The fourth-order valence-corrected chi connectivity index (χ4v) is 4.07. The topological polar surface area (TPSA) is 87.7 Å². The van der Waals surface area contributed by atoms with Gasteiger partial charge in [0.05, 0.1) is 13.2 Å². The smallest absolute Gasteiger partial charge is 0.325 e. The number of amides is 4. The summed E-state index contributed by atoms with van der Waals surface area (Å²) in [4.78, 5) is 39.3. The molecule has 0 spiro atoms. The lowest BCUT2D eigenvalue weighted by Gasteiger charge is -2.22. The molecule has 2 atom stereocenters. The second-order valence-electron chi connectivity index (χ2n) is 8.45. The van der Waals surface area contributed by atoms with Crippen LogP contribution in [0.25, 0.3) is 11.1 Å². The largest absolute Gasteiger partial charge is 0.497 e. The van der Waals surface area contributed by atoms with E-state index in [2.05, 4.69) is 10.6 Å². The highest BCUT2D eigenvalue weighted by atomic mass is 16.5. The van der Waals surface area contributed by atoms with Gasteiger partial charge in [0, 0.05) is 0 Å². The van der Waals surface area contributed by atoms with Gasteiger partial charge in [-0.25, -0.2) is 4.79 Å². The summed E-state index contributed by atoms with van der Waals surface area (Å²) >= 11 is 0. The van der Waals surface area contributed by atoms with Gasteiger partial charge in [0.15, 0.2) is 0 Å². The third-order valence-corrected chi connectivity index (χ3v) is 6.14. The number of benzene rings is 3. The Bertz CT molecular complexity index is 1190. The molecule has 4 amide bonds. The minimum Gasteiger partial charge on any atom is -0.497 e. The van der Waals surface area contributed by atoms with Crippen molar-refractivity contribution in [3.8, 4) is 16.9 Å². The maximum atomic E-state index is 13.1. The van der Waals surface area contributed by atoms with Gasteiger partial charge >= 0.3 is 6.03 Å². The summed E-state index contributed by atoms with van der Waals surface area (Å²) in [5.41, 5.74) is 2.49. The van der Waals surface area contributed by atoms with Gasteiger partial charge < -0.3 is 15.4 Å². The van der Waals surface area contributed by atoms with Crippen LogP contribution in [0.3, 0.4) is 0 Å². The summed E-state index contributed by atoms with van der Waals surface area (Å²) in [6, 6.07) is 24.0. The van der Waals surface area contributed by atoms with Crippen LogP contribution >= 0.6 is 0 Å². The Kier molecular flexibility index (Phi) is 6.36. The van der Waals surface area contributed by atoms with E-state index >= 15 is 0 Å². The predicted octanol–water partition coefficient (Wildman–Crippen LogP) is 4.01. The minimum absolute atomic E-state index is 0.286. The van der Waals surface area contributed by atoms with Crippen molar-refractivity contribution in [1.29, 1.82) is 0 Å². The molecule has 1 saturated heterocycles. The molecule has 1 aliphatic rings. The van der Waals surface area contributed by atoms with Crippen molar-refractivity contribution in [3.05, 3.63) is 90.0 Å². The van der Waals surface area contributed by atoms with E-state index in [-0.39, 0.29) is 12.6 Å². The normalized spacial score (nSPS) is 18.4. The first-order chi connectivity index (χ1) is 16.3. The maximum Gasteiger partial charge on any atom is 0.325 e. The van der Waals surface area contributed by atoms with E-state index in [0.29, 0.717) is 11.3 Å². The van der Waals surface area contributed by atoms with E-state index in [1.54, 1.807) is 38.3 Å². The Morgan fingerprint density at radius 3 is 2.21 bits per heavy atom. The first kappa shape index (κ1) is 23.0. The molecule has 4 rings (SSSR count). The van der Waals surface area contributed by atoms with Crippen molar-refractivity contribution in [2.75, 3.05) is 13.7 Å². The third kappa shape index (κ3) is 4.50. The van der Waals surface area contributed by atoms with Gasteiger partial charge in [0.2, 0.25) is 5.91 Å². The molecule has 2 N–H and O–H groups in total. The Labute approximate surface area is 198 Å². The monoisotopic (exact) mass is 457 g/mol. The van der Waals surface area contributed by atoms with Crippen molar-refractivity contribution in [1.82, 2.24) is 15.5 Å². The van der Waals surface area contributed by atoms with Crippen molar-refractivity contribution in [2.45, 2.75) is 25.4 Å². The lowest BCUT2D eigenvalue weighted by molar-refractivity contribution is -0.135. The van der Waals surface area contributed by atoms with E-state index in [0.717, 1.165) is 21.6 Å². The van der Waals surface area contributed by atoms with Crippen LogP contribution in [0.5, 0.6) is 5.75 Å². The highest BCUT2D eigenvalue weighted by molar-refractivity contribution is 6.09. The SMILES string of the molecule is COc1ccc(C2(C)NC(=O)N(CC(=O)NC(C)c3ccc(-c4ccccc4)cc3)C2=O)cc1. The molecule has 0 saturated carbocycles. The molecular weight excluding hydrogens is 430 g/mol. The molecule has 174 valence electrons. The van der Waals surface area contributed by atoms with Crippen molar-refractivity contribution >= 4 is 17.8 Å². The van der Waals surface area contributed by atoms with Crippen LogP contribution in [-0.4, -0.2) is 36.4 Å². The van der Waals surface area contributed by atoms with E-state index in [4.69, 9.17) is 4.74 Å². The lowest BCUT2D eigenvalue weighted by atomic mass is 9.92. The molecule has 34 heavy (non-hydrogen) atoms. The van der Waals surface area contributed by atoms with Gasteiger partial charge in [-0.2, -0.15) is 0 Å². The number of ether oxygens (including phenoxy) is 1. The van der Waals surface area contributed by atoms with Crippen LogP contribution in [0.4, 0.5) is 4.79 Å². The second-order valence-corrected chi connectivity index (χ2v) is 8.45. The fraction of sp³-hybridized carbons (Fsp3) is 0.222. The first-order valence-corrected chi connectivity index (χ1v) is 11.0. The molecule has 3 aromatic carbocycles. The number of rotatable bonds is 7. The van der Waals surface area contributed by atoms with Gasteiger partial charge in [-0.05, 0) is 48.2 Å². The maximum absolute atomic E-state index is 13.1. The highest BCUT2D eigenvalue weighted by Crippen LogP contribution is 2.30. The minimum atomic E-state index is -1.25. The van der Waals surface area contributed by atoms with Crippen LogP contribution in [0.15, 0.2) is 78.9 Å². The number of hydrogen-bond acceptors (Lipinski definition) is 4. The molecule has 7 heteroatoms. The van der Waals surface area contributed by atoms with E-state index in [1.165, 1.54) is 0 Å². The molecule has 7 nitrogen and oxygen atoms in total. The lowest BCUT2D eigenvalue weighted by Crippen LogP contribution is -2.43. The van der Waals surface area contributed by atoms with Crippen molar-refractivity contribution in [3.63, 3.8) is 0 Å². The Morgan fingerprint density at radius 1 is 0.971 bits per heavy atom. The van der Waals surface area contributed by atoms with E-state index in [9.17, 15) is 14.4 Å².